The molecule has 1 saturated carbocycles. The Morgan fingerprint density at radius 2 is 1.76 bits per heavy atom. The van der Waals surface area contributed by atoms with Crippen LogP contribution in [0.4, 0.5) is 11.4 Å². The van der Waals surface area contributed by atoms with Crippen LogP contribution in [0.15, 0.2) is 47.4 Å². The topological polar surface area (TPSA) is 95.6 Å². The molecule has 2 aliphatic rings. The molecule has 2 aromatic carbocycles. The van der Waals surface area contributed by atoms with Crippen molar-refractivity contribution in [3.05, 3.63) is 53.6 Å². The summed E-state index contributed by atoms with van der Waals surface area (Å²) in [6.07, 6.45) is 3.26. The van der Waals surface area contributed by atoms with Gasteiger partial charge in [0.1, 0.15) is 0 Å². The summed E-state index contributed by atoms with van der Waals surface area (Å²) >= 11 is 0. The molecule has 2 N–H and O–H groups in total. The van der Waals surface area contributed by atoms with Gasteiger partial charge < -0.3 is 10.6 Å². The van der Waals surface area contributed by atoms with E-state index in [1.54, 1.807) is 42.5 Å². The van der Waals surface area contributed by atoms with Gasteiger partial charge in [0.2, 0.25) is 0 Å². The number of nitrogens with one attached hydrogen (secondary N) is 2. The Labute approximate surface area is 170 Å². The number of sulfonamides is 1. The molecule has 0 saturated heterocycles. The number of aryl methyl sites for hydroxylation is 2. The van der Waals surface area contributed by atoms with E-state index < -0.39 is 21.8 Å². The van der Waals surface area contributed by atoms with Crippen LogP contribution >= 0.6 is 0 Å². The third-order valence-electron chi connectivity index (χ3n) is 5.15. The van der Waals surface area contributed by atoms with Crippen LogP contribution in [0.3, 0.4) is 0 Å². The maximum absolute atomic E-state index is 13.2. The third-order valence-corrected chi connectivity index (χ3v) is 6.97. The van der Waals surface area contributed by atoms with Crippen molar-refractivity contribution < 1.29 is 18.0 Å². The van der Waals surface area contributed by atoms with Gasteiger partial charge in [-0.2, -0.15) is 0 Å². The number of hydrogen-bond donors (Lipinski definition) is 2. The van der Waals surface area contributed by atoms with Gasteiger partial charge in [0.15, 0.2) is 0 Å². The zero-order valence-corrected chi connectivity index (χ0v) is 17.0. The first-order chi connectivity index (χ1) is 13.8. The van der Waals surface area contributed by atoms with Crippen LogP contribution in [0.2, 0.25) is 0 Å². The van der Waals surface area contributed by atoms with Crippen molar-refractivity contribution in [2.45, 2.75) is 43.5 Å². The highest BCUT2D eigenvalue weighted by atomic mass is 32.2. The van der Waals surface area contributed by atoms with E-state index in [2.05, 4.69) is 10.6 Å². The van der Waals surface area contributed by atoms with Gasteiger partial charge in [-0.05, 0) is 62.4 Å². The molecule has 0 radical (unpaired) electrons. The summed E-state index contributed by atoms with van der Waals surface area (Å²) in [5.74, 6) is -1.42. The zero-order chi connectivity index (χ0) is 20.6. The summed E-state index contributed by atoms with van der Waals surface area (Å²) in [6, 6.07) is 12.0. The standard InChI is InChI=1S/C21H23N3O4S/c1-14-4-10-18(11-5-14)29(27,28)24-12-2-3-15-6-7-17(13-19(15)24)23-21(26)20(25)22-16-8-9-16/h4-7,10-11,13,16H,2-3,8-9,12H2,1H3,(H,22,25)(H,23,26). The minimum Gasteiger partial charge on any atom is -0.345 e. The number of fused-ring (bicyclic) bond motifs is 1. The average Bonchev–Trinajstić information content (AvgIpc) is 3.51. The molecule has 152 valence electrons. The number of anilines is 2. The smallest absolute Gasteiger partial charge is 0.313 e. The molecule has 0 spiro atoms. The maximum Gasteiger partial charge on any atom is 0.313 e. The molecule has 0 aromatic heterocycles. The summed E-state index contributed by atoms with van der Waals surface area (Å²) < 4.78 is 27.8. The lowest BCUT2D eigenvalue weighted by Crippen LogP contribution is -2.37. The number of rotatable bonds is 4. The number of benzene rings is 2. The normalized spacial score (nSPS) is 16.1. The van der Waals surface area contributed by atoms with E-state index in [-0.39, 0.29) is 10.9 Å². The van der Waals surface area contributed by atoms with Crippen LogP contribution in [0, 0.1) is 6.92 Å². The number of carbonyl (C=O) groups is 2. The van der Waals surface area contributed by atoms with E-state index in [1.807, 2.05) is 6.92 Å². The first-order valence-electron chi connectivity index (χ1n) is 9.69. The second kappa shape index (κ2) is 7.51. The van der Waals surface area contributed by atoms with Crippen molar-refractivity contribution in [3.63, 3.8) is 0 Å². The molecule has 1 aliphatic carbocycles. The first-order valence-corrected chi connectivity index (χ1v) is 11.1. The maximum atomic E-state index is 13.2. The fourth-order valence-electron chi connectivity index (χ4n) is 3.37. The predicted octanol–water partition coefficient (Wildman–Crippen LogP) is 2.35. The van der Waals surface area contributed by atoms with Crippen molar-refractivity contribution in [3.8, 4) is 0 Å². The molecular formula is C21H23N3O4S. The van der Waals surface area contributed by atoms with Gasteiger partial charge in [0.25, 0.3) is 10.0 Å². The number of amides is 2. The summed E-state index contributed by atoms with van der Waals surface area (Å²) in [6.45, 7) is 2.27. The predicted molar refractivity (Wildman–Crippen MR) is 110 cm³/mol. The lowest BCUT2D eigenvalue weighted by molar-refractivity contribution is -0.136. The Kier molecular flexibility index (Phi) is 5.04. The van der Waals surface area contributed by atoms with Gasteiger partial charge in [-0.25, -0.2) is 8.42 Å². The van der Waals surface area contributed by atoms with Crippen molar-refractivity contribution in [1.29, 1.82) is 0 Å². The molecule has 4 rings (SSSR count). The molecule has 0 atom stereocenters. The quantitative estimate of drug-likeness (QED) is 0.752. The molecule has 0 bridgehead atoms. The first kappa shape index (κ1) is 19.4. The van der Waals surface area contributed by atoms with Gasteiger partial charge in [0, 0.05) is 18.3 Å². The van der Waals surface area contributed by atoms with Crippen molar-refractivity contribution in [2.75, 3.05) is 16.2 Å². The molecule has 8 heteroatoms. The molecule has 0 unspecified atom stereocenters. The van der Waals surface area contributed by atoms with E-state index in [1.165, 1.54) is 4.31 Å². The molecule has 7 nitrogen and oxygen atoms in total. The lowest BCUT2D eigenvalue weighted by atomic mass is 10.0. The van der Waals surface area contributed by atoms with Crippen LogP contribution < -0.4 is 14.9 Å². The molecule has 29 heavy (non-hydrogen) atoms. The molecule has 1 heterocycles. The third kappa shape index (κ3) is 4.12. The zero-order valence-electron chi connectivity index (χ0n) is 16.1. The number of nitrogens with zero attached hydrogens (tertiary/aromatic N) is 1. The fraction of sp³-hybridized carbons (Fsp3) is 0.333. The largest absolute Gasteiger partial charge is 0.345 e. The van der Waals surface area contributed by atoms with E-state index >= 15 is 0 Å². The van der Waals surface area contributed by atoms with Crippen LogP contribution in [0.5, 0.6) is 0 Å². The van der Waals surface area contributed by atoms with Crippen molar-refractivity contribution in [1.82, 2.24) is 5.32 Å². The Bertz CT molecular complexity index is 1060. The second-order valence-corrected chi connectivity index (χ2v) is 9.40. The summed E-state index contributed by atoms with van der Waals surface area (Å²) in [5.41, 5.74) is 2.81. The van der Waals surface area contributed by atoms with Crippen molar-refractivity contribution in [2.24, 2.45) is 0 Å². The molecule has 1 fully saturated rings. The Balaban J connectivity index is 1.60. The highest BCUT2D eigenvalue weighted by Crippen LogP contribution is 2.34. The van der Waals surface area contributed by atoms with Gasteiger partial charge in [-0.3, -0.25) is 13.9 Å². The van der Waals surface area contributed by atoms with E-state index in [0.29, 0.717) is 24.3 Å². The highest BCUT2D eigenvalue weighted by Gasteiger charge is 2.30. The van der Waals surface area contributed by atoms with Gasteiger partial charge in [-0.1, -0.05) is 23.8 Å². The minimum absolute atomic E-state index is 0.0897. The van der Waals surface area contributed by atoms with Crippen LogP contribution in [0.1, 0.15) is 30.4 Å². The van der Waals surface area contributed by atoms with E-state index in [9.17, 15) is 18.0 Å². The average molecular weight is 413 g/mol. The van der Waals surface area contributed by atoms with Gasteiger partial charge in [-0.15, -0.1) is 0 Å². The minimum atomic E-state index is -3.72. The van der Waals surface area contributed by atoms with Crippen molar-refractivity contribution >= 4 is 33.2 Å². The number of hydrogen-bond acceptors (Lipinski definition) is 4. The summed E-state index contributed by atoms with van der Waals surface area (Å²) in [5, 5.41) is 5.21. The number of carbonyl (C=O) groups excluding carboxylic acids is 2. The Morgan fingerprint density at radius 3 is 2.45 bits per heavy atom. The Hall–Kier alpha value is -2.87. The highest BCUT2D eigenvalue weighted by molar-refractivity contribution is 7.92. The molecule has 2 amide bonds. The monoisotopic (exact) mass is 413 g/mol. The van der Waals surface area contributed by atoms with E-state index in [4.69, 9.17) is 0 Å². The molecule has 2 aromatic rings. The van der Waals surface area contributed by atoms with E-state index in [0.717, 1.165) is 30.4 Å². The van der Waals surface area contributed by atoms with Crippen LogP contribution in [-0.4, -0.2) is 32.8 Å². The lowest BCUT2D eigenvalue weighted by Gasteiger charge is -2.31. The SMILES string of the molecule is Cc1ccc(S(=O)(=O)N2CCCc3ccc(NC(=O)C(=O)NC4CC4)cc32)cc1. The summed E-state index contributed by atoms with van der Waals surface area (Å²) in [4.78, 5) is 24.2. The fourth-order valence-corrected chi connectivity index (χ4v) is 4.91. The van der Waals surface area contributed by atoms with Crippen LogP contribution in [0.25, 0.3) is 0 Å². The van der Waals surface area contributed by atoms with Crippen LogP contribution in [-0.2, 0) is 26.0 Å². The molecule has 1 aliphatic heterocycles. The summed E-state index contributed by atoms with van der Waals surface area (Å²) in [7, 11) is -3.72. The van der Waals surface area contributed by atoms with Gasteiger partial charge >= 0.3 is 11.8 Å². The Morgan fingerprint density at radius 1 is 1.03 bits per heavy atom. The molecular weight excluding hydrogens is 390 g/mol. The second-order valence-electron chi connectivity index (χ2n) is 7.54. The van der Waals surface area contributed by atoms with Gasteiger partial charge in [0.05, 0.1) is 10.6 Å².